The second-order valence-electron chi connectivity index (χ2n) is 8.92. The van der Waals surface area contributed by atoms with E-state index in [4.69, 9.17) is 0 Å². The Morgan fingerprint density at radius 1 is 1.14 bits per heavy atom. The van der Waals surface area contributed by atoms with Crippen LogP contribution in [0.2, 0.25) is 0 Å². The van der Waals surface area contributed by atoms with E-state index in [0.717, 1.165) is 16.8 Å². The van der Waals surface area contributed by atoms with E-state index in [2.05, 4.69) is 55.5 Å². The van der Waals surface area contributed by atoms with Gasteiger partial charge in [-0.05, 0) is 56.2 Å². The number of urea groups is 1. The third-order valence-corrected chi connectivity index (χ3v) is 5.88. The summed E-state index contributed by atoms with van der Waals surface area (Å²) < 4.78 is 15.0. The molecule has 1 aliphatic carbocycles. The van der Waals surface area contributed by atoms with Crippen molar-refractivity contribution in [3.63, 3.8) is 0 Å². The van der Waals surface area contributed by atoms with Gasteiger partial charge in [0, 0.05) is 50.1 Å². The number of nitrogens with zero attached hydrogens (tertiary/aromatic N) is 3. The number of hydrogen-bond donors (Lipinski definition) is 1. The number of aliphatic imine (C=N–C) groups is 1. The van der Waals surface area contributed by atoms with Crippen LogP contribution < -0.4 is 10.2 Å². The number of amides is 2. The minimum Gasteiger partial charge on any atom is -0.374 e. The Hall–Kier alpha value is -3.93. The Morgan fingerprint density at radius 3 is 2.42 bits per heavy atom. The van der Waals surface area contributed by atoms with E-state index in [1.54, 1.807) is 24.1 Å². The molecule has 0 bridgehead atoms. The number of allylic oxidation sites excluding steroid dienone is 5. The lowest BCUT2D eigenvalue weighted by molar-refractivity contribution is 0.218. The fourth-order valence-corrected chi connectivity index (χ4v) is 4.30. The van der Waals surface area contributed by atoms with Crippen LogP contribution in [0.4, 0.5) is 14.9 Å². The summed E-state index contributed by atoms with van der Waals surface area (Å²) in [4.78, 5) is 20.8. The van der Waals surface area contributed by atoms with E-state index >= 15 is 4.39 Å². The number of aryl methyl sites for hydroxylation is 2. The molecule has 1 saturated heterocycles. The van der Waals surface area contributed by atoms with Gasteiger partial charge in [-0.3, -0.25) is 4.90 Å². The molecule has 0 radical (unpaired) electrons. The van der Waals surface area contributed by atoms with Gasteiger partial charge in [0.2, 0.25) is 0 Å². The summed E-state index contributed by atoms with van der Waals surface area (Å²) in [7, 11) is 1.77. The second kappa shape index (κ2) is 12.2. The number of benzene rings is 2. The smallest absolute Gasteiger partial charge is 0.324 e. The van der Waals surface area contributed by atoms with Crippen molar-refractivity contribution in [1.82, 2.24) is 10.2 Å². The quantitative estimate of drug-likeness (QED) is 0.471. The van der Waals surface area contributed by atoms with Gasteiger partial charge in [0.1, 0.15) is 11.6 Å². The predicted octanol–water partition coefficient (Wildman–Crippen LogP) is 6.55. The number of carbonyl (C=O) groups is 1. The SMILES string of the molecule is C=C(/N=C1/C=CC(c2ccc(N3CCN(Cc4cc(C)cc(C)c4)C3=O)cc2F)=CC1)NC.C=CC. The first-order valence-corrected chi connectivity index (χ1v) is 12.1. The molecule has 2 amide bonds. The number of nitrogens with one attached hydrogen (secondary N) is 1. The molecular formula is C30H35FN4O. The molecule has 1 N–H and O–H groups in total. The zero-order valence-corrected chi connectivity index (χ0v) is 21.6. The summed E-state index contributed by atoms with van der Waals surface area (Å²) in [6.45, 7) is 14.9. The Labute approximate surface area is 214 Å². The van der Waals surface area contributed by atoms with Crippen molar-refractivity contribution < 1.29 is 9.18 Å². The number of halogens is 1. The first-order chi connectivity index (χ1) is 17.2. The largest absolute Gasteiger partial charge is 0.374 e. The zero-order chi connectivity index (χ0) is 26.2. The molecule has 4 rings (SSSR count). The van der Waals surface area contributed by atoms with Crippen molar-refractivity contribution in [2.24, 2.45) is 4.99 Å². The van der Waals surface area contributed by atoms with Crippen LogP contribution in [0.5, 0.6) is 0 Å². The number of carbonyl (C=O) groups excluding carboxylic acids is 1. The molecule has 6 heteroatoms. The Balaban J connectivity index is 0.00000115. The monoisotopic (exact) mass is 486 g/mol. The van der Waals surface area contributed by atoms with Crippen LogP contribution in [0, 0.1) is 19.7 Å². The van der Waals surface area contributed by atoms with Crippen LogP contribution in [0.25, 0.3) is 5.57 Å². The molecule has 0 aromatic heterocycles. The molecule has 0 spiro atoms. The fourth-order valence-electron chi connectivity index (χ4n) is 4.30. The molecule has 2 aromatic rings. The minimum atomic E-state index is -0.344. The summed E-state index contributed by atoms with van der Waals surface area (Å²) in [5.74, 6) is 0.243. The maximum Gasteiger partial charge on any atom is 0.324 e. The molecule has 1 heterocycles. The lowest BCUT2D eigenvalue weighted by Gasteiger charge is -2.20. The van der Waals surface area contributed by atoms with E-state index in [1.165, 1.54) is 17.2 Å². The third-order valence-electron chi connectivity index (χ3n) is 5.88. The van der Waals surface area contributed by atoms with Crippen LogP contribution in [-0.4, -0.2) is 36.8 Å². The molecule has 0 atom stereocenters. The summed E-state index contributed by atoms with van der Waals surface area (Å²) in [6, 6.07) is 11.3. The number of hydrogen-bond acceptors (Lipinski definition) is 3. The standard InChI is InChI=1S/C27H29FN4O.C3H6/c1-18-13-19(2)15-21(14-18)17-31-11-12-32(27(31)33)24-9-10-25(26(28)16-24)22-5-7-23(8-6-22)30-20(3)29-4;1-3-2/h5-7,9-10,13-16,29H,3,8,11-12,17H2,1-2,4H3;3H,1H2,2H3/b30-23-;. The molecule has 1 aliphatic heterocycles. The molecule has 5 nitrogen and oxygen atoms in total. The van der Waals surface area contributed by atoms with E-state index < -0.39 is 0 Å². The third kappa shape index (κ3) is 6.60. The fraction of sp³-hybridized carbons (Fsp3) is 0.267. The first-order valence-electron chi connectivity index (χ1n) is 12.1. The van der Waals surface area contributed by atoms with Crippen molar-refractivity contribution in [3.8, 4) is 0 Å². The minimum absolute atomic E-state index is 0.0938. The highest BCUT2D eigenvalue weighted by Crippen LogP contribution is 2.29. The van der Waals surface area contributed by atoms with Crippen LogP contribution >= 0.6 is 0 Å². The van der Waals surface area contributed by atoms with Gasteiger partial charge < -0.3 is 10.2 Å². The van der Waals surface area contributed by atoms with Crippen LogP contribution in [0.3, 0.4) is 0 Å². The lowest BCUT2D eigenvalue weighted by atomic mass is 9.98. The van der Waals surface area contributed by atoms with E-state index in [1.807, 2.05) is 36.1 Å². The van der Waals surface area contributed by atoms with Gasteiger partial charge >= 0.3 is 6.03 Å². The predicted molar refractivity (Wildman–Crippen MR) is 149 cm³/mol. The molecule has 0 saturated carbocycles. The molecule has 1 fully saturated rings. The van der Waals surface area contributed by atoms with Gasteiger partial charge in [0.15, 0.2) is 0 Å². The van der Waals surface area contributed by atoms with Crippen LogP contribution in [0.15, 0.2) is 84.7 Å². The molecule has 2 aromatic carbocycles. The van der Waals surface area contributed by atoms with Gasteiger partial charge in [0.05, 0.1) is 0 Å². The van der Waals surface area contributed by atoms with Gasteiger partial charge in [-0.15, -0.1) is 6.58 Å². The van der Waals surface area contributed by atoms with Crippen LogP contribution in [0.1, 0.15) is 35.6 Å². The van der Waals surface area contributed by atoms with Gasteiger partial charge in [-0.2, -0.15) is 0 Å². The van der Waals surface area contributed by atoms with Crippen molar-refractivity contribution in [3.05, 3.63) is 108 Å². The summed E-state index contributed by atoms with van der Waals surface area (Å²) in [6.07, 6.45) is 8.04. The molecule has 2 aliphatic rings. The normalized spacial score (nSPS) is 16.0. The Kier molecular flexibility index (Phi) is 9.01. The highest BCUT2D eigenvalue weighted by atomic mass is 19.1. The van der Waals surface area contributed by atoms with Gasteiger partial charge in [-0.1, -0.05) is 54.1 Å². The van der Waals surface area contributed by atoms with Crippen molar-refractivity contribution in [2.75, 3.05) is 25.0 Å². The topological polar surface area (TPSA) is 47.9 Å². The van der Waals surface area contributed by atoms with Crippen molar-refractivity contribution in [1.29, 1.82) is 0 Å². The maximum atomic E-state index is 15.0. The molecular weight excluding hydrogens is 451 g/mol. The number of anilines is 1. The number of rotatable bonds is 6. The van der Waals surface area contributed by atoms with E-state index in [0.29, 0.717) is 43.1 Å². The van der Waals surface area contributed by atoms with E-state index in [-0.39, 0.29) is 11.8 Å². The van der Waals surface area contributed by atoms with Gasteiger partial charge in [-0.25, -0.2) is 14.2 Å². The molecule has 188 valence electrons. The summed E-state index contributed by atoms with van der Waals surface area (Å²) >= 11 is 0. The van der Waals surface area contributed by atoms with Crippen LogP contribution in [-0.2, 0) is 6.54 Å². The van der Waals surface area contributed by atoms with Crippen molar-refractivity contribution in [2.45, 2.75) is 33.7 Å². The summed E-state index contributed by atoms with van der Waals surface area (Å²) in [5.41, 5.74) is 6.24. The average Bonchev–Trinajstić information content (AvgIpc) is 3.19. The summed E-state index contributed by atoms with van der Waals surface area (Å²) in [5, 5.41) is 2.89. The highest BCUT2D eigenvalue weighted by molar-refractivity contribution is 6.02. The zero-order valence-electron chi connectivity index (χ0n) is 21.6. The maximum absolute atomic E-state index is 15.0. The first kappa shape index (κ1) is 26.7. The van der Waals surface area contributed by atoms with Gasteiger partial charge in [0.25, 0.3) is 0 Å². The molecule has 0 unspecified atom stereocenters. The second-order valence-corrected chi connectivity index (χ2v) is 8.92. The average molecular weight is 487 g/mol. The lowest BCUT2D eigenvalue weighted by Crippen LogP contribution is -2.31. The highest BCUT2D eigenvalue weighted by Gasteiger charge is 2.30. The Bertz CT molecular complexity index is 1220. The molecule has 36 heavy (non-hydrogen) atoms. The van der Waals surface area contributed by atoms with E-state index in [9.17, 15) is 4.79 Å². The Morgan fingerprint density at radius 2 is 1.83 bits per heavy atom. The van der Waals surface area contributed by atoms with Crippen molar-refractivity contribution >= 4 is 23.0 Å².